The van der Waals surface area contributed by atoms with Crippen molar-refractivity contribution in [3.8, 4) is 5.75 Å². The van der Waals surface area contributed by atoms with Crippen molar-refractivity contribution in [2.24, 2.45) is 0 Å². The van der Waals surface area contributed by atoms with Gasteiger partial charge in [-0.25, -0.2) is 0 Å². The Hall–Kier alpha value is -3.44. The van der Waals surface area contributed by atoms with Crippen LogP contribution < -0.4 is 9.64 Å². The standard InChI is InChI=1S/C26H25NO4/c1-3-31-21-14-12-19(13-15-21)24(28)16-26(30)22-10-6-7-11-23(22)27(25(26)29)17-20-9-5-4-8-18(20)2/h4-15,30H,3,16-17H2,1-2H3. The van der Waals surface area contributed by atoms with Gasteiger partial charge in [0.25, 0.3) is 5.91 Å². The molecule has 1 N–H and O–H groups in total. The zero-order chi connectivity index (χ0) is 22.0. The van der Waals surface area contributed by atoms with Crippen molar-refractivity contribution in [2.75, 3.05) is 11.5 Å². The van der Waals surface area contributed by atoms with Gasteiger partial charge >= 0.3 is 0 Å². The van der Waals surface area contributed by atoms with E-state index in [1.54, 1.807) is 41.3 Å². The van der Waals surface area contributed by atoms with Crippen molar-refractivity contribution in [2.45, 2.75) is 32.4 Å². The molecule has 1 aliphatic heterocycles. The summed E-state index contributed by atoms with van der Waals surface area (Å²) in [6, 6.07) is 21.7. The Morgan fingerprint density at radius 2 is 1.68 bits per heavy atom. The van der Waals surface area contributed by atoms with Gasteiger partial charge in [0.15, 0.2) is 11.4 Å². The van der Waals surface area contributed by atoms with E-state index in [2.05, 4.69) is 0 Å². The second kappa shape index (κ2) is 8.36. The van der Waals surface area contributed by atoms with Crippen molar-refractivity contribution < 1.29 is 19.4 Å². The number of hydrogen-bond donors (Lipinski definition) is 1. The largest absolute Gasteiger partial charge is 0.494 e. The summed E-state index contributed by atoms with van der Waals surface area (Å²) in [6.45, 7) is 4.75. The van der Waals surface area contributed by atoms with Gasteiger partial charge in [0.1, 0.15) is 5.75 Å². The van der Waals surface area contributed by atoms with Crippen LogP contribution in [0.15, 0.2) is 72.8 Å². The molecule has 0 spiro atoms. The molecule has 5 heteroatoms. The Kier molecular flexibility index (Phi) is 5.61. The van der Waals surface area contributed by atoms with Gasteiger partial charge in [0, 0.05) is 11.1 Å². The molecular weight excluding hydrogens is 390 g/mol. The summed E-state index contributed by atoms with van der Waals surface area (Å²) < 4.78 is 5.42. The highest BCUT2D eigenvalue weighted by atomic mass is 16.5. The lowest BCUT2D eigenvalue weighted by Crippen LogP contribution is -2.41. The molecule has 1 aliphatic rings. The highest BCUT2D eigenvalue weighted by Gasteiger charge is 2.50. The minimum absolute atomic E-state index is 0.300. The maximum atomic E-state index is 13.4. The van der Waals surface area contributed by atoms with E-state index in [0.717, 1.165) is 11.1 Å². The smallest absolute Gasteiger partial charge is 0.264 e. The van der Waals surface area contributed by atoms with E-state index in [4.69, 9.17) is 4.74 Å². The quantitative estimate of drug-likeness (QED) is 0.581. The monoisotopic (exact) mass is 415 g/mol. The zero-order valence-electron chi connectivity index (χ0n) is 17.7. The van der Waals surface area contributed by atoms with Crippen molar-refractivity contribution >= 4 is 17.4 Å². The highest BCUT2D eigenvalue weighted by Crippen LogP contribution is 2.43. The molecule has 0 fully saturated rings. The van der Waals surface area contributed by atoms with Crippen LogP contribution in [0.2, 0.25) is 0 Å². The fourth-order valence-corrected chi connectivity index (χ4v) is 4.03. The summed E-state index contributed by atoms with van der Waals surface area (Å²) in [5.41, 5.74) is 1.70. The van der Waals surface area contributed by atoms with Crippen molar-refractivity contribution in [1.29, 1.82) is 0 Å². The number of rotatable bonds is 7. The molecule has 4 rings (SSSR count). The number of aliphatic hydroxyl groups is 1. The number of hydrogen-bond acceptors (Lipinski definition) is 4. The summed E-state index contributed by atoms with van der Waals surface area (Å²) in [5.74, 6) is -0.105. The van der Waals surface area contributed by atoms with Gasteiger partial charge in [-0.1, -0.05) is 42.5 Å². The number of aryl methyl sites for hydroxylation is 1. The van der Waals surface area contributed by atoms with Crippen molar-refractivity contribution in [3.05, 3.63) is 95.1 Å². The summed E-state index contributed by atoms with van der Waals surface area (Å²) in [7, 11) is 0. The predicted molar refractivity (Wildman–Crippen MR) is 119 cm³/mol. The minimum atomic E-state index is -1.89. The molecule has 0 saturated carbocycles. The molecule has 1 amide bonds. The SMILES string of the molecule is CCOc1ccc(C(=O)CC2(O)C(=O)N(Cc3ccccc3C)c3ccccc32)cc1. The van der Waals surface area contributed by atoms with E-state index in [1.807, 2.05) is 50.2 Å². The van der Waals surface area contributed by atoms with Gasteiger partial charge in [-0.3, -0.25) is 9.59 Å². The third-order valence-electron chi connectivity index (χ3n) is 5.73. The van der Waals surface area contributed by atoms with Crippen LogP contribution in [0.1, 0.15) is 40.4 Å². The van der Waals surface area contributed by atoms with Crippen LogP contribution in [0.5, 0.6) is 5.75 Å². The van der Waals surface area contributed by atoms with Crippen molar-refractivity contribution in [1.82, 2.24) is 0 Å². The molecule has 1 unspecified atom stereocenters. The van der Waals surface area contributed by atoms with E-state index in [-0.39, 0.29) is 12.2 Å². The molecule has 1 atom stereocenters. The predicted octanol–water partition coefficient (Wildman–Crippen LogP) is 4.40. The fraction of sp³-hybridized carbons (Fsp3) is 0.231. The normalized spacial score (nSPS) is 17.5. The first-order valence-electron chi connectivity index (χ1n) is 10.4. The molecule has 3 aromatic rings. The van der Waals surface area contributed by atoms with E-state index in [9.17, 15) is 14.7 Å². The zero-order valence-corrected chi connectivity index (χ0v) is 17.7. The summed E-state index contributed by atoms with van der Waals surface area (Å²) >= 11 is 0. The van der Waals surface area contributed by atoms with Gasteiger partial charge < -0.3 is 14.7 Å². The average molecular weight is 415 g/mol. The highest BCUT2D eigenvalue weighted by molar-refractivity contribution is 6.10. The van der Waals surface area contributed by atoms with Crippen molar-refractivity contribution in [3.63, 3.8) is 0 Å². The first-order valence-corrected chi connectivity index (χ1v) is 10.4. The van der Waals surface area contributed by atoms with Crippen LogP contribution in [0.4, 0.5) is 5.69 Å². The van der Waals surface area contributed by atoms with Gasteiger partial charge in [0.2, 0.25) is 0 Å². The fourth-order valence-electron chi connectivity index (χ4n) is 4.03. The summed E-state index contributed by atoms with van der Waals surface area (Å²) in [4.78, 5) is 28.0. The second-order valence-electron chi connectivity index (χ2n) is 7.75. The van der Waals surface area contributed by atoms with E-state index in [1.165, 1.54) is 0 Å². The Morgan fingerprint density at radius 1 is 1.00 bits per heavy atom. The maximum absolute atomic E-state index is 13.4. The van der Waals surface area contributed by atoms with Gasteiger partial charge in [0.05, 0.1) is 25.3 Å². The summed E-state index contributed by atoms with van der Waals surface area (Å²) in [6.07, 6.45) is -0.318. The lowest BCUT2D eigenvalue weighted by atomic mass is 9.88. The van der Waals surface area contributed by atoms with Crippen LogP contribution in [0.25, 0.3) is 0 Å². The van der Waals surface area contributed by atoms with Gasteiger partial charge in [-0.15, -0.1) is 0 Å². The molecule has 0 saturated heterocycles. The van der Waals surface area contributed by atoms with Gasteiger partial charge in [-0.05, 0) is 55.3 Å². The molecule has 0 aliphatic carbocycles. The molecule has 0 aromatic heterocycles. The molecule has 0 bridgehead atoms. The number of nitrogens with zero attached hydrogens (tertiary/aromatic N) is 1. The molecule has 31 heavy (non-hydrogen) atoms. The van der Waals surface area contributed by atoms with Crippen LogP contribution in [-0.4, -0.2) is 23.4 Å². The first-order chi connectivity index (χ1) is 14.9. The molecular formula is C26H25NO4. The number of fused-ring (bicyclic) bond motifs is 1. The third-order valence-corrected chi connectivity index (χ3v) is 5.73. The van der Waals surface area contributed by atoms with E-state index in [0.29, 0.717) is 35.7 Å². The lowest BCUT2D eigenvalue weighted by Gasteiger charge is -2.23. The van der Waals surface area contributed by atoms with E-state index >= 15 is 0 Å². The Morgan fingerprint density at radius 3 is 2.39 bits per heavy atom. The molecule has 1 heterocycles. The molecule has 5 nitrogen and oxygen atoms in total. The lowest BCUT2D eigenvalue weighted by molar-refractivity contribution is -0.136. The van der Waals surface area contributed by atoms with Crippen LogP contribution >= 0.6 is 0 Å². The topological polar surface area (TPSA) is 66.8 Å². The number of carbonyl (C=O) groups excluding carboxylic acids is 2. The number of Topliss-reactive ketones (excluding diaryl/α,β-unsaturated/α-hetero) is 1. The number of para-hydroxylation sites is 1. The maximum Gasteiger partial charge on any atom is 0.264 e. The molecule has 158 valence electrons. The number of benzene rings is 3. The van der Waals surface area contributed by atoms with E-state index < -0.39 is 11.5 Å². The van der Waals surface area contributed by atoms with Crippen LogP contribution in [0.3, 0.4) is 0 Å². The van der Waals surface area contributed by atoms with Crippen LogP contribution in [0, 0.1) is 6.92 Å². The Balaban J connectivity index is 1.63. The number of anilines is 1. The second-order valence-corrected chi connectivity index (χ2v) is 7.75. The molecule has 3 aromatic carbocycles. The number of ketones is 1. The Labute approximate surface area is 181 Å². The number of amides is 1. The molecule has 0 radical (unpaired) electrons. The first kappa shape index (κ1) is 20.8. The summed E-state index contributed by atoms with van der Waals surface area (Å²) in [5, 5.41) is 11.5. The third kappa shape index (κ3) is 3.84. The van der Waals surface area contributed by atoms with Crippen LogP contribution in [-0.2, 0) is 16.9 Å². The number of ether oxygens (including phenoxy) is 1. The Bertz CT molecular complexity index is 1120. The van der Waals surface area contributed by atoms with Gasteiger partial charge in [-0.2, -0.15) is 0 Å². The number of carbonyl (C=O) groups is 2. The minimum Gasteiger partial charge on any atom is -0.494 e. The average Bonchev–Trinajstić information content (AvgIpc) is 2.98.